The first-order valence-corrected chi connectivity index (χ1v) is 7.51. The molecule has 2 N–H and O–H groups in total. The van der Waals surface area contributed by atoms with Gasteiger partial charge in [-0.15, -0.1) is 0 Å². The van der Waals surface area contributed by atoms with Crippen LogP contribution in [-0.4, -0.2) is 19.0 Å². The maximum absolute atomic E-state index is 11.8. The Bertz CT molecular complexity index is 494. The van der Waals surface area contributed by atoms with Gasteiger partial charge in [-0.25, -0.2) is 0 Å². The normalized spacial score (nSPS) is 21.3. The first kappa shape index (κ1) is 14.9. The van der Waals surface area contributed by atoms with E-state index in [2.05, 4.69) is 30.5 Å². The minimum absolute atomic E-state index is 0.0184. The number of amides is 1. The standard InChI is InChI=1S/C17H26N2O/c1-12-14(16(20)18-4)8-5-9-15(12)19-13-7-6-10-17(2,3)11-13/h5,8-9,13,19H,6-7,10-11H2,1-4H3,(H,18,20). The molecule has 1 aromatic rings. The topological polar surface area (TPSA) is 41.1 Å². The maximum atomic E-state index is 11.8. The van der Waals surface area contributed by atoms with Crippen LogP contribution in [0, 0.1) is 12.3 Å². The van der Waals surface area contributed by atoms with E-state index in [1.165, 1.54) is 25.7 Å². The first-order valence-electron chi connectivity index (χ1n) is 7.51. The van der Waals surface area contributed by atoms with E-state index in [1.807, 2.05) is 19.1 Å². The summed E-state index contributed by atoms with van der Waals surface area (Å²) >= 11 is 0. The average Bonchev–Trinajstić information content (AvgIpc) is 2.39. The number of anilines is 1. The van der Waals surface area contributed by atoms with Gasteiger partial charge in [-0.2, -0.15) is 0 Å². The van der Waals surface area contributed by atoms with E-state index in [-0.39, 0.29) is 5.91 Å². The molecule has 1 aromatic carbocycles. The largest absolute Gasteiger partial charge is 0.382 e. The summed E-state index contributed by atoms with van der Waals surface area (Å²) < 4.78 is 0. The highest BCUT2D eigenvalue weighted by molar-refractivity contribution is 5.96. The van der Waals surface area contributed by atoms with Crippen LogP contribution in [0.3, 0.4) is 0 Å². The quantitative estimate of drug-likeness (QED) is 0.881. The molecule has 1 atom stereocenters. The number of carbonyl (C=O) groups excluding carboxylic acids is 1. The Morgan fingerprint density at radius 1 is 1.35 bits per heavy atom. The molecule has 110 valence electrons. The Balaban J connectivity index is 2.15. The molecule has 0 heterocycles. The fraction of sp³-hybridized carbons (Fsp3) is 0.588. The fourth-order valence-electron chi connectivity index (χ4n) is 3.21. The number of nitrogens with one attached hydrogen (secondary N) is 2. The third-order valence-electron chi connectivity index (χ3n) is 4.37. The van der Waals surface area contributed by atoms with Gasteiger partial charge in [-0.3, -0.25) is 4.79 Å². The lowest BCUT2D eigenvalue weighted by Crippen LogP contribution is -2.32. The second-order valence-electron chi connectivity index (χ2n) is 6.66. The van der Waals surface area contributed by atoms with Crippen molar-refractivity contribution in [2.75, 3.05) is 12.4 Å². The predicted molar refractivity (Wildman–Crippen MR) is 84.2 cm³/mol. The van der Waals surface area contributed by atoms with Crippen molar-refractivity contribution in [1.29, 1.82) is 0 Å². The molecule has 1 aliphatic carbocycles. The van der Waals surface area contributed by atoms with Crippen LogP contribution in [0.25, 0.3) is 0 Å². The SMILES string of the molecule is CNC(=O)c1cccc(NC2CCCC(C)(C)C2)c1C. The van der Waals surface area contributed by atoms with Crippen LogP contribution in [0.2, 0.25) is 0 Å². The Morgan fingerprint density at radius 3 is 2.75 bits per heavy atom. The first-order chi connectivity index (χ1) is 9.43. The fourth-order valence-corrected chi connectivity index (χ4v) is 3.21. The summed E-state index contributed by atoms with van der Waals surface area (Å²) in [5.41, 5.74) is 3.30. The summed E-state index contributed by atoms with van der Waals surface area (Å²) in [6.07, 6.45) is 4.99. The number of hydrogen-bond acceptors (Lipinski definition) is 2. The third kappa shape index (κ3) is 3.33. The van der Waals surface area contributed by atoms with Crippen molar-refractivity contribution >= 4 is 11.6 Å². The lowest BCUT2D eigenvalue weighted by atomic mass is 9.75. The van der Waals surface area contributed by atoms with Crippen LogP contribution in [0.4, 0.5) is 5.69 Å². The number of rotatable bonds is 3. The van der Waals surface area contributed by atoms with Gasteiger partial charge in [0.25, 0.3) is 5.91 Å². The minimum atomic E-state index is -0.0184. The van der Waals surface area contributed by atoms with Crippen LogP contribution < -0.4 is 10.6 Å². The molecule has 0 aliphatic heterocycles. The van der Waals surface area contributed by atoms with Crippen molar-refractivity contribution in [3.8, 4) is 0 Å². The van der Waals surface area contributed by atoms with Crippen molar-refractivity contribution in [2.45, 2.75) is 52.5 Å². The van der Waals surface area contributed by atoms with Crippen LogP contribution in [-0.2, 0) is 0 Å². The number of carbonyl (C=O) groups is 1. The summed E-state index contributed by atoms with van der Waals surface area (Å²) in [6.45, 7) is 6.70. The Hall–Kier alpha value is -1.51. The molecule has 1 amide bonds. The van der Waals surface area contributed by atoms with Gasteiger partial charge in [0.2, 0.25) is 0 Å². The summed E-state index contributed by atoms with van der Waals surface area (Å²) in [7, 11) is 1.67. The molecular weight excluding hydrogens is 248 g/mol. The molecule has 3 nitrogen and oxygen atoms in total. The van der Waals surface area contributed by atoms with E-state index >= 15 is 0 Å². The highest BCUT2D eigenvalue weighted by Crippen LogP contribution is 2.36. The van der Waals surface area contributed by atoms with E-state index in [0.29, 0.717) is 11.5 Å². The monoisotopic (exact) mass is 274 g/mol. The van der Waals surface area contributed by atoms with Gasteiger partial charge in [-0.1, -0.05) is 26.3 Å². The van der Waals surface area contributed by atoms with Gasteiger partial charge in [0.05, 0.1) is 0 Å². The van der Waals surface area contributed by atoms with Crippen LogP contribution in [0.5, 0.6) is 0 Å². The molecule has 0 spiro atoms. The van der Waals surface area contributed by atoms with Gasteiger partial charge in [-0.05, 0) is 49.3 Å². The second-order valence-corrected chi connectivity index (χ2v) is 6.66. The summed E-state index contributed by atoms with van der Waals surface area (Å²) in [5, 5.41) is 6.34. The molecular formula is C17H26N2O. The Labute approximate surface area is 122 Å². The summed E-state index contributed by atoms with van der Waals surface area (Å²) in [4.78, 5) is 11.8. The molecule has 1 aliphatic rings. The Morgan fingerprint density at radius 2 is 2.10 bits per heavy atom. The van der Waals surface area contributed by atoms with Crippen molar-refractivity contribution in [1.82, 2.24) is 5.32 Å². The number of hydrogen-bond donors (Lipinski definition) is 2. The van der Waals surface area contributed by atoms with E-state index in [0.717, 1.165) is 16.8 Å². The van der Waals surface area contributed by atoms with Crippen LogP contribution in [0.1, 0.15) is 55.5 Å². The van der Waals surface area contributed by atoms with Gasteiger partial charge in [0, 0.05) is 24.3 Å². The van der Waals surface area contributed by atoms with Crippen LogP contribution >= 0.6 is 0 Å². The lowest BCUT2D eigenvalue weighted by Gasteiger charge is -2.36. The molecule has 1 fully saturated rings. The summed E-state index contributed by atoms with van der Waals surface area (Å²) in [6, 6.07) is 6.42. The lowest BCUT2D eigenvalue weighted by molar-refractivity contribution is 0.0962. The van der Waals surface area contributed by atoms with Gasteiger partial charge >= 0.3 is 0 Å². The van der Waals surface area contributed by atoms with Gasteiger partial charge < -0.3 is 10.6 Å². The van der Waals surface area contributed by atoms with Crippen molar-refractivity contribution in [3.63, 3.8) is 0 Å². The van der Waals surface area contributed by atoms with Gasteiger partial charge in [0.1, 0.15) is 0 Å². The van der Waals surface area contributed by atoms with E-state index in [1.54, 1.807) is 7.05 Å². The smallest absolute Gasteiger partial charge is 0.251 e. The highest BCUT2D eigenvalue weighted by atomic mass is 16.1. The molecule has 1 unspecified atom stereocenters. The third-order valence-corrected chi connectivity index (χ3v) is 4.37. The molecule has 20 heavy (non-hydrogen) atoms. The molecule has 1 saturated carbocycles. The van der Waals surface area contributed by atoms with Gasteiger partial charge in [0.15, 0.2) is 0 Å². The maximum Gasteiger partial charge on any atom is 0.251 e. The molecule has 0 bridgehead atoms. The van der Waals surface area contributed by atoms with Crippen molar-refractivity contribution < 1.29 is 4.79 Å². The van der Waals surface area contributed by atoms with Crippen molar-refractivity contribution in [3.05, 3.63) is 29.3 Å². The zero-order chi connectivity index (χ0) is 14.8. The van der Waals surface area contributed by atoms with E-state index in [4.69, 9.17) is 0 Å². The molecule has 0 radical (unpaired) electrons. The second kappa shape index (κ2) is 5.86. The summed E-state index contributed by atoms with van der Waals surface area (Å²) in [5.74, 6) is -0.0184. The van der Waals surface area contributed by atoms with E-state index < -0.39 is 0 Å². The minimum Gasteiger partial charge on any atom is -0.382 e. The van der Waals surface area contributed by atoms with E-state index in [9.17, 15) is 4.79 Å². The molecule has 2 rings (SSSR count). The van der Waals surface area contributed by atoms with Crippen molar-refractivity contribution in [2.24, 2.45) is 5.41 Å². The molecule has 0 aromatic heterocycles. The zero-order valence-electron chi connectivity index (χ0n) is 13.0. The molecule has 3 heteroatoms. The zero-order valence-corrected chi connectivity index (χ0v) is 13.0. The number of benzene rings is 1. The highest BCUT2D eigenvalue weighted by Gasteiger charge is 2.28. The van der Waals surface area contributed by atoms with Crippen LogP contribution in [0.15, 0.2) is 18.2 Å². The predicted octanol–water partition coefficient (Wildman–Crippen LogP) is 3.74. The molecule has 0 saturated heterocycles. The average molecular weight is 274 g/mol. The Kier molecular flexibility index (Phi) is 4.36.